The van der Waals surface area contributed by atoms with E-state index < -0.39 is 4.92 Å². The first-order chi connectivity index (χ1) is 8.65. The Kier molecular flexibility index (Phi) is 5.08. The van der Waals surface area contributed by atoms with Gasteiger partial charge in [-0.1, -0.05) is 12.1 Å². The maximum Gasteiger partial charge on any atom is 0.269 e. The van der Waals surface area contributed by atoms with Crippen LogP contribution < -0.4 is 28.4 Å². The van der Waals surface area contributed by atoms with Gasteiger partial charge in [0, 0.05) is 24.3 Å². The Balaban J connectivity index is 0.00000180. The van der Waals surface area contributed by atoms with E-state index in [1.165, 1.54) is 6.07 Å². The van der Waals surface area contributed by atoms with Crippen LogP contribution in [0.25, 0.3) is 0 Å². The average Bonchev–Trinajstić information content (AvgIpc) is 2.37. The quantitative estimate of drug-likeness (QED) is 0.532. The van der Waals surface area contributed by atoms with Gasteiger partial charge in [-0.3, -0.25) is 10.1 Å². The summed E-state index contributed by atoms with van der Waals surface area (Å²) in [7, 11) is 0. The van der Waals surface area contributed by atoms with Crippen molar-refractivity contribution in [3.8, 4) is 0 Å². The molecule has 0 fully saturated rings. The van der Waals surface area contributed by atoms with Gasteiger partial charge < -0.3 is 23.5 Å². The zero-order chi connectivity index (χ0) is 13.0. The molecule has 0 aliphatic carbocycles. The summed E-state index contributed by atoms with van der Waals surface area (Å²) in [5, 5.41) is 13.7. The molecule has 0 saturated heterocycles. The first-order valence-electron chi connectivity index (χ1n) is 5.40. The third-order valence-electron chi connectivity index (χ3n) is 2.42. The Bertz CT molecular complexity index is 577. The standard InChI is InChI=1S/C12H12N4O2.ClH/c13-11-5-2-6-12(15-11)14-8-9-3-1-4-10(7-9)16(17)18;/h1-7H,8H2,(H3,13,14,15);1H. The molecule has 1 aromatic heterocycles. The van der Waals surface area contributed by atoms with E-state index in [2.05, 4.69) is 10.3 Å². The highest BCUT2D eigenvalue weighted by atomic mass is 35.5. The number of anilines is 2. The maximum absolute atomic E-state index is 10.6. The summed E-state index contributed by atoms with van der Waals surface area (Å²) in [6.07, 6.45) is 0. The smallest absolute Gasteiger partial charge is 0.269 e. The van der Waals surface area contributed by atoms with Crippen molar-refractivity contribution in [2.24, 2.45) is 0 Å². The van der Waals surface area contributed by atoms with Crippen LogP contribution in [-0.4, -0.2) is 4.92 Å². The Labute approximate surface area is 116 Å². The number of rotatable bonds is 4. The molecule has 2 aromatic rings. The van der Waals surface area contributed by atoms with Gasteiger partial charge in [-0.05, 0) is 11.6 Å². The Morgan fingerprint density at radius 3 is 2.68 bits per heavy atom. The molecule has 1 aromatic carbocycles. The monoisotopic (exact) mass is 280 g/mol. The number of pyridine rings is 1. The fraction of sp³-hybridized carbons (Fsp3) is 0.0833. The Morgan fingerprint density at radius 2 is 2.00 bits per heavy atom. The van der Waals surface area contributed by atoms with Crippen LogP contribution >= 0.6 is 0 Å². The topological polar surface area (TPSA) is 95.3 Å². The van der Waals surface area contributed by atoms with Crippen molar-refractivity contribution < 1.29 is 22.3 Å². The molecule has 4 N–H and O–H groups in total. The van der Waals surface area contributed by atoms with Gasteiger partial charge in [0.2, 0.25) is 11.6 Å². The van der Waals surface area contributed by atoms with E-state index in [1.807, 2.05) is 18.2 Å². The largest absolute Gasteiger partial charge is 1.00 e. The second kappa shape index (κ2) is 6.55. The second-order valence-electron chi connectivity index (χ2n) is 3.80. The van der Waals surface area contributed by atoms with Crippen molar-refractivity contribution in [1.82, 2.24) is 0 Å². The predicted molar refractivity (Wildman–Crippen MR) is 67.8 cm³/mol. The van der Waals surface area contributed by atoms with Gasteiger partial charge in [0.1, 0.15) is 0 Å². The van der Waals surface area contributed by atoms with E-state index >= 15 is 0 Å². The third-order valence-corrected chi connectivity index (χ3v) is 2.42. The predicted octanol–water partition coefficient (Wildman–Crippen LogP) is -1.39. The SMILES string of the molecule is Nc1cccc(NCc2cccc([N+](=O)[O-])c2)[nH+]1.[Cl-]. The number of hydrogen-bond acceptors (Lipinski definition) is 4. The highest BCUT2D eigenvalue weighted by Gasteiger charge is 2.06. The lowest BCUT2D eigenvalue weighted by Crippen LogP contribution is -3.00. The molecule has 0 saturated carbocycles. The minimum atomic E-state index is -0.407. The molecule has 2 rings (SSSR count). The molecule has 6 nitrogen and oxygen atoms in total. The molecular weight excluding hydrogens is 268 g/mol. The van der Waals surface area contributed by atoms with E-state index in [0.717, 1.165) is 11.4 Å². The van der Waals surface area contributed by atoms with Gasteiger partial charge >= 0.3 is 0 Å². The van der Waals surface area contributed by atoms with Gasteiger partial charge in [0.05, 0.1) is 11.5 Å². The lowest BCUT2D eigenvalue weighted by Gasteiger charge is -2.02. The number of nitrogens with one attached hydrogen (secondary N) is 2. The average molecular weight is 281 g/mol. The molecule has 0 radical (unpaired) electrons. The lowest BCUT2D eigenvalue weighted by molar-refractivity contribution is -0.384. The molecule has 19 heavy (non-hydrogen) atoms. The zero-order valence-corrected chi connectivity index (χ0v) is 10.7. The van der Waals surface area contributed by atoms with Crippen molar-refractivity contribution in [2.75, 3.05) is 11.1 Å². The first-order valence-corrected chi connectivity index (χ1v) is 5.40. The molecule has 0 amide bonds. The van der Waals surface area contributed by atoms with Crippen molar-refractivity contribution in [1.29, 1.82) is 0 Å². The number of benzene rings is 1. The van der Waals surface area contributed by atoms with Crippen molar-refractivity contribution in [3.63, 3.8) is 0 Å². The number of nitrogens with two attached hydrogens (primary N) is 1. The summed E-state index contributed by atoms with van der Waals surface area (Å²) in [5.41, 5.74) is 6.53. The maximum atomic E-state index is 10.6. The van der Waals surface area contributed by atoms with E-state index in [9.17, 15) is 10.1 Å². The molecule has 1 heterocycles. The number of aromatic nitrogens is 1. The van der Waals surface area contributed by atoms with Crippen LogP contribution in [0.1, 0.15) is 5.56 Å². The number of H-pyrrole nitrogens is 1. The minimum absolute atomic E-state index is 0. The fourth-order valence-electron chi connectivity index (χ4n) is 1.57. The summed E-state index contributed by atoms with van der Waals surface area (Å²) in [6.45, 7) is 0.488. The van der Waals surface area contributed by atoms with Crippen molar-refractivity contribution in [3.05, 3.63) is 58.1 Å². The number of halogens is 1. The highest BCUT2D eigenvalue weighted by molar-refractivity contribution is 5.38. The van der Waals surface area contributed by atoms with Crippen LogP contribution in [0.5, 0.6) is 0 Å². The Hall–Kier alpha value is -2.34. The van der Waals surface area contributed by atoms with Crippen LogP contribution in [0.4, 0.5) is 17.3 Å². The van der Waals surface area contributed by atoms with Crippen molar-refractivity contribution in [2.45, 2.75) is 6.54 Å². The van der Waals surface area contributed by atoms with Crippen molar-refractivity contribution >= 4 is 17.3 Å². The van der Waals surface area contributed by atoms with Gasteiger partial charge in [0.15, 0.2) is 0 Å². The van der Waals surface area contributed by atoms with E-state index in [1.54, 1.807) is 18.2 Å². The van der Waals surface area contributed by atoms with E-state index in [-0.39, 0.29) is 18.1 Å². The van der Waals surface area contributed by atoms with Gasteiger partial charge in [-0.2, -0.15) is 0 Å². The van der Waals surface area contributed by atoms with Crippen LogP contribution in [0, 0.1) is 10.1 Å². The normalized spacial score (nSPS) is 9.47. The summed E-state index contributed by atoms with van der Waals surface area (Å²) in [4.78, 5) is 13.2. The molecule has 100 valence electrons. The number of nitro benzene ring substituents is 1. The summed E-state index contributed by atoms with van der Waals surface area (Å²) < 4.78 is 0. The van der Waals surface area contributed by atoms with Gasteiger partial charge in [-0.15, -0.1) is 0 Å². The number of non-ortho nitro benzene ring substituents is 1. The number of nitro groups is 1. The molecule has 0 atom stereocenters. The number of nitrogen functional groups attached to an aromatic ring is 1. The van der Waals surface area contributed by atoms with Crippen LogP contribution in [-0.2, 0) is 6.54 Å². The summed E-state index contributed by atoms with van der Waals surface area (Å²) in [6, 6.07) is 11.9. The number of aromatic amines is 1. The second-order valence-corrected chi connectivity index (χ2v) is 3.80. The minimum Gasteiger partial charge on any atom is -1.00 e. The molecule has 0 aliphatic heterocycles. The first kappa shape index (κ1) is 14.7. The van der Waals surface area contributed by atoms with Gasteiger partial charge in [-0.25, -0.2) is 4.98 Å². The molecular formula is C12H13ClN4O2. The number of hydrogen-bond donors (Lipinski definition) is 2. The summed E-state index contributed by atoms with van der Waals surface area (Å²) >= 11 is 0. The van der Waals surface area contributed by atoms with E-state index in [0.29, 0.717) is 12.4 Å². The lowest BCUT2D eigenvalue weighted by atomic mass is 10.2. The zero-order valence-electron chi connectivity index (χ0n) is 9.97. The molecule has 7 heteroatoms. The molecule has 0 spiro atoms. The molecule has 0 bridgehead atoms. The third kappa shape index (κ3) is 4.11. The molecule has 0 aliphatic rings. The van der Waals surface area contributed by atoms with Crippen LogP contribution in [0.15, 0.2) is 42.5 Å². The Morgan fingerprint density at radius 1 is 1.26 bits per heavy atom. The molecule has 0 unspecified atom stereocenters. The fourth-order valence-corrected chi connectivity index (χ4v) is 1.57. The van der Waals surface area contributed by atoms with Crippen LogP contribution in [0.3, 0.4) is 0 Å². The van der Waals surface area contributed by atoms with Crippen LogP contribution in [0.2, 0.25) is 0 Å². The van der Waals surface area contributed by atoms with Gasteiger partial charge in [0.25, 0.3) is 5.69 Å². The number of nitrogens with zero attached hydrogens (tertiary/aromatic N) is 1. The summed E-state index contributed by atoms with van der Waals surface area (Å²) in [5.74, 6) is 1.32. The highest BCUT2D eigenvalue weighted by Crippen LogP contribution is 2.13. The van der Waals surface area contributed by atoms with E-state index in [4.69, 9.17) is 5.73 Å².